The summed E-state index contributed by atoms with van der Waals surface area (Å²) in [5.74, 6) is 1.54. The molecule has 5 nitrogen and oxygen atoms in total. The third-order valence-corrected chi connectivity index (χ3v) is 6.00. The van der Waals surface area contributed by atoms with Crippen LogP contribution in [0, 0.1) is 0 Å². The second kappa shape index (κ2) is 14.2. The number of fused-ring (bicyclic) bond motifs is 1. The van der Waals surface area contributed by atoms with Crippen LogP contribution in [0.2, 0.25) is 0 Å². The lowest BCUT2D eigenvalue weighted by molar-refractivity contribution is -0.107. The van der Waals surface area contributed by atoms with E-state index in [-0.39, 0.29) is 0 Å². The average molecular weight is 506 g/mol. The third kappa shape index (κ3) is 7.20. The van der Waals surface area contributed by atoms with Crippen molar-refractivity contribution in [1.82, 2.24) is 4.98 Å². The van der Waals surface area contributed by atoms with Gasteiger partial charge in [0.2, 0.25) is 0 Å². The number of hydrogen-bond acceptors (Lipinski definition) is 5. The molecule has 5 heteroatoms. The zero-order chi connectivity index (χ0) is 27.3. The van der Waals surface area contributed by atoms with Crippen LogP contribution in [0.25, 0.3) is 27.5 Å². The van der Waals surface area contributed by atoms with Crippen LogP contribution in [0.4, 0.5) is 5.82 Å². The van der Waals surface area contributed by atoms with Gasteiger partial charge in [0.05, 0.1) is 12.8 Å². The summed E-state index contributed by atoms with van der Waals surface area (Å²) in [7, 11) is 1.66. The molecule has 2 aromatic carbocycles. The van der Waals surface area contributed by atoms with Gasteiger partial charge in [-0.15, -0.1) is 0 Å². The molecule has 0 radical (unpaired) electrons. The summed E-state index contributed by atoms with van der Waals surface area (Å²) in [6.45, 7) is 10.7. The number of nitrogens with one attached hydrogen (secondary N) is 1. The molecule has 0 atom stereocenters. The molecule has 3 N–H and O–H groups in total. The van der Waals surface area contributed by atoms with Crippen molar-refractivity contribution in [2.45, 2.75) is 19.8 Å². The van der Waals surface area contributed by atoms with E-state index in [1.54, 1.807) is 13.2 Å². The van der Waals surface area contributed by atoms with Crippen LogP contribution < -0.4 is 15.8 Å². The molecule has 0 unspecified atom stereocenters. The molecule has 0 aliphatic heterocycles. The number of rotatable bonds is 13. The summed E-state index contributed by atoms with van der Waals surface area (Å²) < 4.78 is 5.35. The number of benzene rings is 2. The number of allylic oxidation sites excluding steroid dienone is 7. The fourth-order valence-electron chi connectivity index (χ4n) is 4.02. The molecule has 0 spiro atoms. The standard InChI is InChI=1S/C33H35N3O2/c1-5-7-8-11-24(3)23-35-33-32-28(13-9-14-30(32)27-15-17-29(38-4)18-16-27)21-31(36-33)26(6-2)20-25(22-34)12-10-19-37/h5-9,11,13-22H,2-3,10,12,23,34H2,1,4H3,(H,35,36)/b7-5-,11-8-,25-22-,26-20+. The molecule has 0 saturated carbocycles. The van der Waals surface area contributed by atoms with Gasteiger partial charge in [0, 0.05) is 18.4 Å². The van der Waals surface area contributed by atoms with E-state index in [2.05, 4.69) is 36.7 Å². The summed E-state index contributed by atoms with van der Waals surface area (Å²) in [5.41, 5.74) is 11.3. The van der Waals surface area contributed by atoms with Gasteiger partial charge in [-0.2, -0.15) is 0 Å². The van der Waals surface area contributed by atoms with Crippen LogP contribution in [-0.2, 0) is 4.79 Å². The van der Waals surface area contributed by atoms with Crippen LogP contribution in [-0.4, -0.2) is 24.9 Å². The molecule has 0 fully saturated rings. The van der Waals surface area contributed by atoms with Gasteiger partial charge in [-0.05, 0) is 77.1 Å². The minimum Gasteiger partial charge on any atom is -0.497 e. The van der Waals surface area contributed by atoms with Gasteiger partial charge in [-0.3, -0.25) is 0 Å². The molecule has 0 aliphatic rings. The number of anilines is 1. The lowest BCUT2D eigenvalue weighted by atomic mass is 9.96. The number of carbonyl (C=O) groups is 1. The first-order valence-electron chi connectivity index (χ1n) is 12.5. The smallest absolute Gasteiger partial charge is 0.135 e. The Kier molecular flexibility index (Phi) is 10.4. The molecule has 0 saturated heterocycles. The number of aromatic nitrogens is 1. The van der Waals surface area contributed by atoms with E-state index in [0.29, 0.717) is 19.4 Å². The highest BCUT2D eigenvalue weighted by Gasteiger charge is 2.14. The van der Waals surface area contributed by atoms with Gasteiger partial charge < -0.3 is 20.6 Å². The number of nitrogens with zero attached hydrogens (tertiary/aromatic N) is 1. The molecule has 1 aromatic heterocycles. The molecule has 3 rings (SSSR count). The Morgan fingerprint density at radius 1 is 1.16 bits per heavy atom. The number of pyridine rings is 1. The first-order chi connectivity index (χ1) is 18.5. The van der Waals surface area contributed by atoms with Crippen molar-refractivity contribution in [1.29, 1.82) is 0 Å². The van der Waals surface area contributed by atoms with Crippen molar-refractivity contribution >= 4 is 28.4 Å². The monoisotopic (exact) mass is 505 g/mol. The topological polar surface area (TPSA) is 77.2 Å². The van der Waals surface area contributed by atoms with Crippen molar-refractivity contribution < 1.29 is 9.53 Å². The van der Waals surface area contributed by atoms with Gasteiger partial charge in [-0.25, -0.2) is 4.98 Å². The number of carbonyl (C=O) groups excluding carboxylic acids is 1. The molecule has 3 aromatic rings. The van der Waals surface area contributed by atoms with E-state index in [4.69, 9.17) is 15.5 Å². The maximum Gasteiger partial charge on any atom is 0.135 e. The zero-order valence-corrected chi connectivity index (χ0v) is 22.1. The van der Waals surface area contributed by atoms with E-state index in [9.17, 15) is 4.79 Å². The highest BCUT2D eigenvalue weighted by atomic mass is 16.5. The van der Waals surface area contributed by atoms with Crippen molar-refractivity contribution in [3.8, 4) is 16.9 Å². The second-order valence-corrected chi connectivity index (χ2v) is 8.64. The molecular formula is C33H35N3O2. The molecule has 194 valence electrons. The number of methoxy groups -OCH3 is 1. The Balaban J connectivity index is 2.16. The number of nitrogens with two attached hydrogens (primary N) is 1. The van der Waals surface area contributed by atoms with E-state index in [1.807, 2.05) is 67.6 Å². The molecule has 0 bridgehead atoms. The van der Waals surface area contributed by atoms with Crippen LogP contribution in [0.1, 0.15) is 25.5 Å². The summed E-state index contributed by atoms with van der Waals surface area (Å²) in [6, 6.07) is 16.3. The lowest BCUT2D eigenvalue weighted by Gasteiger charge is -2.16. The van der Waals surface area contributed by atoms with E-state index >= 15 is 0 Å². The van der Waals surface area contributed by atoms with Crippen LogP contribution >= 0.6 is 0 Å². The fourth-order valence-corrected chi connectivity index (χ4v) is 4.02. The van der Waals surface area contributed by atoms with E-state index < -0.39 is 0 Å². The second-order valence-electron chi connectivity index (χ2n) is 8.64. The van der Waals surface area contributed by atoms with Crippen molar-refractivity contribution in [3.05, 3.63) is 121 Å². The number of aldehydes is 1. The molecule has 0 amide bonds. The summed E-state index contributed by atoms with van der Waals surface area (Å²) in [5, 5.41) is 5.54. The largest absolute Gasteiger partial charge is 0.497 e. The zero-order valence-electron chi connectivity index (χ0n) is 22.1. The predicted octanol–water partition coefficient (Wildman–Crippen LogP) is 7.40. The summed E-state index contributed by atoms with van der Waals surface area (Å²) in [4.78, 5) is 15.9. The summed E-state index contributed by atoms with van der Waals surface area (Å²) in [6.07, 6.45) is 14.9. The first-order valence-corrected chi connectivity index (χ1v) is 12.5. The third-order valence-electron chi connectivity index (χ3n) is 6.00. The Labute approximate surface area is 225 Å². The average Bonchev–Trinajstić information content (AvgIpc) is 2.95. The van der Waals surface area contributed by atoms with E-state index in [0.717, 1.165) is 62.2 Å². The SMILES string of the molecule is C=C/C(=C\C(=C/N)CCC=O)c1cc2cccc(-c3ccc(OC)cc3)c2c(NCC(=C)/C=C\C=C/C)n1. The van der Waals surface area contributed by atoms with Gasteiger partial charge in [0.15, 0.2) is 0 Å². The lowest BCUT2D eigenvalue weighted by Crippen LogP contribution is -2.07. The highest BCUT2D eigenvalue weighted by Crippen LogP contribution is 2.36. The van der Waals surface area contributed by atoms with Crippen LogP contribution in [0.3, 0.4) is 0 Å². The highest BCUT2D eigenvalue weighted by molar-refractivity contribution is 6.05. The van der Waals surface area contributed by atoms with Crippen molar-refractivity contribution in [2.75, 3.05) is 19.0 Å². The first kappa shape index (κ1) is 27.9. The van der Waals surface area contributed by atoms with Gasteiger partial charge in [0.1, 0.15) is 17.9 Å². The normalized spacial score (nSPS) is 12.3. The van der Waals surface area contributed by atoms with Crippen molar-refractivity contribution in [3.63, 3.8) is 0 Å². The van der Waals surface area contributed by atoms with E-state index in [1.165, 1.54) is 6.20 Å². The molecular weight excluding hydrogens is 470 g/mol. The van der Waals surface area contributed by atoms with Crippen LogP contribution in [0.5, 0.6) is 5.75 Å². The Morgan fingerprint density at radius 2 is 1.95 bits per heavy atom. The van der Waals surface area contributed by atoms with Gasteiger partial charge in [-0.1, -0.05) is 73.9 Å². The predicted molar refractivity (Wildman–Crippen MR) is 161 cm³/mol. The number of ether oxygens (including phenoxy) is 1. The maximum absolute atomic E-state index is 10.9. The Bertz CT molecular complexity index is 1410. The quantitative estimate of drug-likeness (QED) is 0.187. The molecule has 0 aliphatic carbocycles. The molecule has 1 heterocycles. The maximum atomic E-state index is 10.9. The van der Waals surface area contributed by atoms with Gasteiger partial charge in [0.25, 0.3) is 0 Å². The van der Waals surface area contributed by atoms with Crippen LogP contribution in [0.15, 0.2) is 115 Å². The minimum absolute atomic E-state index is 0.399. The van der Waals surface area contributed by atoms with Crippen molar-refractivity contribution in [2.24, 2.45) is 5.73 Å². The number of hydrogen-bond donors (Lipinski definition) is 2. The fraction of sp³-hybridized carbons (Fsp3) is 0.152. The molecule has 38 heavy (non-hydrogen) atoms. The summed E-state index contributed by atoms with van der Waals surface area (Å²) >= 11 is 0. The minimum atomic E-state index is 0.399. The Hall–Kier alpha value is -4.64. The Morgan fingerprint density at radius 3 is 2.61 bits per heavy atom. The van der Waals surface area contributed by atoms with Gasteiger partial charge >= 0.3 is 0 Å².